The number of carbonyl (C=O) groups excluding carboxylic acids is 1. The molecule has 0 aromatic carbocycles. The van der Waals surface area contributed by atoms with Crippen LogP contribution < -0.4 is 5.32 Å². The van der Waals surface area contributed by atoms with E-state index in [0.29, 0.717) is 23.0 Å². The molecule has 1 aliphatic rings. The smallest absolute Gasteiger partial charge is 0.338 e. The third-order valence-electron chi connectivity index (χ3n) is 3.36. The van der Waals surface area contributed by atoms with E-state index < -0.39 is 17.6 Å². The van der Waals surface area contributed by atoms with Gasteiger partial charge in [0.15, 0.2) is 0 Å². The predicted octanol–water partition coefficient (Wildman–Crippen LogP) is 2.21. The van der Waals surface area contributed by atoms with Crippen LogP contribution >= 0.6 is 0 Å². The minimum absolute atomic E-state index is 0.425. The molecule has 0 saturated carbocycles. The Kier molecular flexibility index (Phi) is 3.46. The molecule has 0 spiro atoms. The highest BCUT2D eigenvalue weighted by Gasteiger charge is 2.38. The van der Waals surface area contributed by atoms with Crippen molar-refractivity contribution in [3.05, 3.63) is 34.9 Å². The van der Waals surface area contributed by atoms with Gasteiger partial charge in [0.25, 0.3) is 0 Å². The maximum atomic E-state index is 12.7. The zero-order valence-corrected chi connectivity index (χ0v) is 13.7. The summed E-state index contributed by atoms with van der Waals surface area (Å²) >= 11 is 0. The SMILES string of the molecule is CC1=C(C(=O)OC(C)(C)C)[C@H](c2ccc(C)o2)n2nnnc2N1. The molecule has 0 unspecified atom stereocenters. The van der Waals surface area contributed by atoms with E-state index in [1.165, 1.54) is 4.68 Å². The zero-order chi connectivity index (χ0) is 16.8. The number of ether oxygens (including phenoxy) is 1. The molecule has 8 nitrogen and oxygen atoms in total. The molecule has 1 atom stereocenters. The Bertz CT molecular complexity index is 781. The number of rotatable bonds is 2. The fourth-order valence-electron chi connectivity index (χ4n) is 2.47. The van der Waals surface area contributed by atoms with Crippen molar-refractivity contribution in [1.29, 1.82) is 0 Å². The van der Waals surface area contributed by atoms with Crippen LogP contribution in [0.15, 0.2) is 27.8 Å². The van der Waals surface area contributed by atoms with E-state index in [0.717, 1.165) is 5.76 Å². The first-order valence-electron chi connectivity index (χ1n) is 7.31. The molecule has 23 heavy (non-hydrogen) atoms. The number of nitrogens with one attached hydrogen (secondary N) is 1. The molecule has 0 amide bonds. The van der Waals surface area contributed by atoms with Crippen LogP contribution in [0.2, 0.25) is 0 Å². The minimum atomic E-state index is -0.602. The first-order chi connectivity index (χ1) is 10.8. The second kappa shape index (κ2) is 5.22. The highest BCUT2D eigenvalue weighted by atomic mass is 16.6. The monoisotopic (exact) mass is 317 g/mol. The van der Waals surface area contributed by atoms with Crippen LogP contribution in [0.3, 0.4) is 0 Å². The number of furan rings is 1. The van der Waals surface area contributed by atoms with Gasteiger partial charge in [-0.25, -0.2) is 4.79 Å². The Hall–Kier alpha value is -2.64. The van der Waals surface area contributed by atoms with E-state index >= 15 is 0 Å². The van der Waals surface area contributed by atoms with Gasteiger partial charge in [-0.3, -0.25) is 0 Å². The topological polar surface area (TPSA) is 95.1 Å². The van der Waals surface area contributed by atoms with Crippen LogP contribution in [-0.2, 0) is 9.53 Å². The summed E-state index contributed by atoms with van der Waals surface area (Å²) in [6, 6.07) is 3.09. The van der Waals surface area contributed by atoms with E-state index in [9.17, 15) is 4.79 Å². The van der Waals surface area contributed by atoms with Crippen molar-refractivity contribution >= 4 is 11.9 Å². The Morgan fingerprint density at radius 1 is 1.35 bits per heavy atom. The van der Waals surface area contributed by atoms with Gasteiger partial charge in [0, 0.05) is 5.70 Å². The van der Waals surface area contributed by atoms with Crippen molar-refractivity contribution in [2.75, 3.05) is 5.32 Å². The maximum Gasteiger partial charge on any atom is 0.338 e. The highest BCUT2D eigenvalue weighted by Crippen LogP contribution is 2.36. The summed E-state index contributed by atoms with van der Waals surface area (Å²) in [6.45, 7) is 9.11. The number of hydrogen-bond acceptors (Lipinski definition) is 7. The molecular weight excluding hydrogens is 298 g/mol. The van der Waals surface area contributed by atoms with E-state index in [1.54, 1.807) is 6.92 Å². The first-order valence-corrected chi connectivity index (χ1v) is 7.31. The van der Waals surface area contributed by atoms with Crippen molar-refractivity contribution in [3.8, 4) is 0 Å². The second-order valence-electron chi connectivity index (χ2n) is 6.46. The van der Waals surface area contributed by atoms with Gasteiger partial charge in [-0.2, -0.15) is 4.68 Å². The number of carbonyl (C=O) groups is 1. The number of tetrazole rings is 1. The third kappa shape index (κ3) is 2.84. The Morgan fingerprint density at radius 3 is 2.70 bits per heavy atom. The van der Waals surface area contributed by atoms with Crippen LogP contribution in [0.4, 0.5) is 5.95 Å². The number of fused-ring (bicyclic) bond motifs is 1. The largest absolute Gasteiger partial charge is 0.464 e. The van der Waals surface area contributed by atoms with Gasteiger partial charge in [0.1, 0.15) is 23.2 Å². The lowest BCUT2D eigenvalue weighted by molar-refractivity contribution is -0.150. The number of aryl methyl sites for hydroxylation is 1. The van der Waals surface area contributed by atoms with E-state index in [4.69, 9.17) is 9.15 Å². The quantitative estimate of drug-likeness (QED) is 0.848. The van der Waals surface area contributed by atoms with Gasteiger partial charge < -0.3 is 14.5 Å². The Morgan fingerprint density at radius 2 is 2.09 bits per heavy atom. The number of aromatic nitrogens is 4. The lowest BCUT2D eigenvalue weighted by atomic mass is 10.0. The number of esters is 1. The number of hydrogen-bond donors (Lipinski definition) is 1. The summed E-state index contributed by atoms with van der Waals surface area (Å²) in [4.78, 5) is 12.7. The first kappa shape index (κ1) is 15.3. The Balaban J connectivity index is 2.09. The van der Waals surface area contributed by atoms with Crippen LogP contribution in [0, 0.1) is 6.92 Å². The second-order valence-corrected chi connectivity index (χ2v) is 6.46. The van der Waals surface area contributed by atoms with Crippen molar-refractivity contribution in [2.45, 2.75) is 46.3 Å². The lowest BCUT2D eigenvalue weighted by Crippen LogP contribution is -2.33. The normalized spacial score (nSPS) is 17.7. The molecule has 3 heterocycles. The van der Waals surface area contributed by atoms with Gasteiger partial charge in [-0.15, -0.1) is 0 Å². The third-order valence-corrected chi connectivity index (χ3v) is 3.36. The zero-order valence-electron chi connectivity index (χ0n) is 13.7. The standard InChI is InChI=1S/C15H19N5O3/c1-8-6-7-10(22-8)12-11(13(21)23-15(3,4)5)9(2)16-14-17-18-19-20(12)14/h6-7,12H,1-5H3,(H,16,17,19)/t12-/m0/s1. The molecule has 1 N–H and O–H groups in total. The van der Waals surface area contributed by atoms with Gasteiger partial charge in [-0.1, -0.05) is 5.10 Å². The van der Waals surface area contributed by atoms with Gasteiger partial charge >= 0.3 is 5.97 Å². The van der Waals surface area contributed by atoms with E-state index in [-0.39, 0.29) is 0 Å². The van der Waals surface area contributed by atoms with E-state index in [1.807, 2.05) is 39.8 Å². The van der Waals surface area contributed by atoms with Crippen LogP contribution in [0.5, 0.6) is 0 Å². The highest BCUT2D eigenvalue weighted by molar-refractivity contribution is 5.92. The van der Waals surface area contributed by atoms with Gasteiger partial charge in [-0.05, 0) is 57.2 Å². The summed E-state index contributed by atoms with van der Waals surface area (Å²) in [5.41, 5.74) is 0.462. The molecule has 2 aromatic rings. The molecule has 0 radical (unpaired) electrons. The van der Waals surface area contributed by atoms with Crippen molar-refractivity contribution in [2.24, 2.45) is 0 Å². The molecule has 0 aliphatic carbocycles. The number of anilines is 1. The summed E-state index contributed by atoms with van der Waals surface area (Å²) in [5, 5.41) is 14.6. The molecule has 0 fully saturated rings. The van der Waals surface area contributed by atoms with Crippen molar-refractivity contribution < 1.29 is 13.9 Å². The molecule has 0 bridgehead atoms. The molecule has 8 heteroatoms. The molecule has 1 aliphatic heterocycles. The fourth-order valence-corrected chi connectivity index (χ4v) is 2.47. The molecular formula is C15H19N5O3. The molecule has 0 saturated heterocycles. The van der Waals surface area contributed by atoms with E-state index in [2.05, 4.69) is 20.8 Å². The molecule has 3 rings (SSSR count). The number of nitrogens with zero attached hydrogens (tertiary/aromatic N) is 4. The van der Waals surface area contributed by atoms with Gasteiger partial charge in [0.05, 0.1) is 5.57 Å². The van der Waals surface area contributed by atoms with Gasteiger partial charge in [0.2, 0.25) is 5.95 Å². The number of allylic oxidation sites excluding steroid dienone is 1. The lowest BCUT2D eigenvalue weighted by Gasteiger charge is -2.28. The summed E-state index contributed by atoms with van der Waals surface area (Å²) in [6.07, 6.45) is 0. The van der Waals surface area contributed by atoms with Crippen LogP contribution in [0.1, 0.15) is 45.3 Å². The van der Waals surface area contributed by atoms with Crippen LogP contribution in [-0.4, -0.2) is 31.8 Å². The summed E-state index contributed by atoms with van der Waals surface area (Å²) in [5.74, 6) is 1.35. The fraction of sp³-hybridized carbons (Fsp3) is 0.467. The summed E-state index contributed by atoms with van der Waals surface area (Å²) < 4.78 is 12.8. The van der Waals surface area contributed by atoms with Crippen molar-refractivity contribution in [1.82, 2.24) is 20.2 Å². The molecule has 2 aromatic heterocycles. The average Bonchev–Trinajstić information content (AvgIpc) is 3.03. The average molecular weight is 317 g/mol. The van der Waals surface area contributed by atoms with Crippen molar-refractivity contribution in [3.63, 3.8) is 0 Å². The Labute approximate surface area is 133 Å². The maximum absolute atomic E-state index is 12.7. The minimum Gasteiger partial charge on any atom is -0.464 e. The van der Waals surface area contributed by atoms with Crippen LogP contribution in [0.25, 0.3) is 0 Å². The predicted molar refractivity (Wildman–Crippen MR) is 81.6 cm³/mol. The summed E-state index contributed by atoms with van der Waals surface area (Å²) in [7, 11) is 0. The molecule has 122 valence electrons.